The minimum absolute atomic E-state index is 0.116. The molecule has 1 aromatic carbocycles. The summed E-state index contributed by atoms with van der Waals surface area (Å²) in [6.45, 7) is 7.61. The Morgan fingerprint density at radius 2 is 2.16 bits per heavy atom. The SMILES string of the molecule is CCCNC(c1cc(F)ccc1C)C1CCC(C)C1. The predicted molar refractivity (Wildman–Crippen MR) is 78.7 cm³/mol. The van der Waals surface area contributed by atoms with E-state index >= 15 is 0 Å². The number of hydrogen-bond acceptors (Lipinski definition) is 1. The molecule has 0 aromatic heterocycles. The largest absolute Gasteiger partial charge is 0.310 e. The highest BCUT2D eigenvalue weighted by Crippen LogP contribution is 2.39. The number of aryl methyl sites for hydroxylation is 1. The summed E-state index contributed by atoms with van der Waals surface area (Å²) in [4.78, 5) is 0. The quantitative estimate of drug-likeness (QED) is 0.818. The molecular weight excluding hydrogens is 237 g/mol. The number of hydrogen-bond donors (Lipinski definition) is 1. The van der Waals surface area contributed by atoms with Crippen LogP contribution in [0.2, 0.25) is 0 Å². The van der Waals surface area contributed by atoms with Gasteiger partial charge in [0.25, 0.3) is 0 Å². The van der Waals surface area contributed by atoms with Crippen LogP contribution in [0.5, 0.6) is 0 Å². The molecule has 0 spiro atoms. The lowest BCUT2D eigenvalue weighted by Crippen LogP contribution is -2.28. The van der Waals surface area contributed by atoms with Crippen LogP contribution >= 0.6 is 0 Å². The van der Waals surface area contributed by atoms with Crippen molar-refractivity contribution in [2.24, 2.45) is 11.8 Å². The molecule has 1 saturated carbocycles. The standard InChI is InChI=1S/C17H26FN/c1-4-9-19-17(14-7-5-12(2)10-14)16-11-15(18)8-6-13(16)3/h6,8,11-12,14,17,19H,4-5,7,9-10H2,1-3H3. The molecule has 1 aliphatic carbocycles. The van der Waals surface area contributed by atoms with Crippen molar-refractivity contribution >= 4 is 0 Å². The van der Waals surface area contributed by atoms with Crippen LogP contribution in [0.3, 0.4) is 0 Å². The Labute approximate surface area is 116 Å². The van der Waals surface area contributed by atoms with E-state index in [-0.39, 0.29) is 5.82 Å². The molecule has 1 aliphatic rings. The van der Waals surface area contributed by atoms with Crippen LogP contribution in [-0.2, 0) is 0 Å². The van der Waals surface area contributed by atoms with Gasteiger partial charge in [-0.15, -0.1) is 0 Å². The van der Waals surface area contributed by atoms with Crippen molar-refractivity contribution < 1.29 is 4.39 Å². The molecule has 2 heteroatoms. The molecule has 106 valence electrons. The summed E-state index contributed by atoms with van der Waals surface area (Å²) < 4.78 is 13.6. The third-order valence-corrected chi connectivity index (χ3v) is 4.40. The third-order valence-electron chi connectivity index (χ3n) is 4.40. The molecule has 0 bridgehead atoms. The second-order valence-electron chi connectivity index (χ2n) is 6.11. The Morgan fingerprint density at radius 3 is 2.79 bits per heavy atom. The predicted octanol–water partition coefficient (Wildman–Crippen LogP) is 4.61. The highest BCUT2D eigenvalue weighted by molar-refractivity contribution is 5.30. The fourth-order valence-corrected chi connectivity index (χ4v) is 3.33. The lowest BCUT2D eigenvalue weighted by molar-refractivity contribution is 0.357. The average molecular weight is 263 g/mol. The van der Waals surface area contributed by atoms with Crippen LogP contribution in [-0.4, -0.2) is 6.54 Å². The van der Waals surface area contributed by atoms with Gasteiger partial charge in [-0.05, 0) is 67.8 Å². The smallest absolute Gasteiger partial charge is 0.123 e. The first-order chi connectivity index (χ1) is 9.11. The van der Waals surface area contributed by atoms with Gasteiger partial charge in [0.15, 0.2) is 0 Å². The highest BCUT2D eigenvalue weighted by Gasteiger charge is 2.30. The number of rotatable bonds is 5. The minimum Gasteiger partial charge on any atom is -0.310 e. The molecule has 1 fully saturated rings. The molecule has 19 heavy (non-hydrogen) atoms. The molecule has 0 saturated heterocycles. The summed E-state index contributed by atoms with van der Waals surface area (Å²) in [5.41, 5.74) is 2.36. The van der Waals surface area contributed by atoms with E-state index in [0.717, 1.165) is 24.4 Å². The van der Waals surface area contributed by atoms with Gasteiger partial charge >= 0.3 is 0 Å². The molecule has 2 rings (SSSR count). The van der Waals surface area contributed by atoms with Crippen molar-refractivity contribution in [2.45, 2.75) is 52.5 Å². The summed E-state index contributed by atoms with van der Waals surface area (Å²) in [7, 11) is 0. The van der Waals surface area contributed by atoms with Gasteiger partial charge in [0.05, 0.1) is 0 Å². The minimum atomic E-state index is -0.116. The summed E-state index contributed by atoms with van der Waals surface area (Å²) in [5.74, 6) is 1.35. The zero-order chi connectivity index (χ0) is 13.8. The van der Waals surface area contributed by atoms with E-state index < -0.39 is 0 Å². The Kier molecular flexibility index (Phi) is 4.98. The van der Waals surface area contributed by atoms with Gasteiger partial charge in [-0.2, -0.15) is 0 Å². The fraction of sp³-hybridized carbons (Fsp3) is 0.647. The molecular formula is C17H26FN. The summed E-state index contributed by atoms with van der Waals surface area (Å²) in [6, 6.07) is 5.52. The lowest BCUT2D eigenvalue weighted by atomic mass is 9.88. The Morgan fingerprint density at radius 1 is 1.37 bits per heavy atom. The monoisotopic (exact) mass is 263 g/mol. The van der Waals surface area contributed by atoms with Gasteiger partial charge in [-0.25, -0.2) is 4.39 Å². The topological polar surface area (TPSA) is 12.0 Å². The summed E-state index contributed by atoms with van der Waals surface area (Å²) >= 11 is 0. The Bertz CT molecular complexity index is 416. The van der Waals surface area contributed by atoms with Gasteiger partial charge < -0.3 is 5.32 Å². The van der Waals surface area contributed by atoms with Crippen molar-refractivity contribution in [3.05, 3.63) is 35.1 Å². The van der Waals surface area contributed by atoms with Gasteiger partial charge in [-0.3, -0.25) is 0 Å². The molecule has 0 heterocycles. The van der Waals surface area contributed by atoms with Crippen molar-refractivity contribution in [3.8, 4) is 0 Å². The van der Waals surface area contributed by atoms with E-state index in [0.29, 0.717) is 12.0 Å². The van der Waals surface area contributed by atoms with E-state index in [4.69, 9.17) is 0 Å². The molecule has 0 aliphatic heterocycles. The molecule has 1 N–H and O–H groups in total. The van der Waals surface area contributed by atoms with Crippen LogP contribution in [0.1, 0.15) is 56.7 Å². The molecule has 1 nitrogen and oxygen atoms in total. The fourth-order valence-electron chi connectivity index (χ4n) is 3.33. The summed E-state index contributed by atoms with van der Waals surface area (Å²) in [6.07, 6.45) is 4.95. The van der Waals surface area contributed by atoms with E-state index in [1.54, 1.807) is 12.1 Å². The third kappa shape index (κ3) is 3.56. The maximum atomic E-state index is 13.6. The highest BCUT2D eigenvalue weighted by atomic mass is 19.1. The zero-order valence-corrected chi connectivity index (χ0v) is 12.4. The van der Waals surface area contributed by atoms with Gasteiger partial charge in [0.2, 0.25) is 0 Å². The molecule has 1 aromatic rings. The van der Waals surface area contributed by atoms with Crippen LogP contribution in [0.25, 0.3) is 0 Å². The Hall–Kier alpha value is -0.890. The van der Waals surface area contributed by atoms with Crippen LogP contribution in [0, 0.1) is 24.6 Å². The van der Waals surface area contributed by atoms with Gasteiger partial charge in [0, 0.05) is 6.04 Å². The number of benzene rings is 1. The van der Waals surface area contributed by atoms with Gasteiger partial charge in [0.1, 0.15) is 5.82 Å². The van der Waals surface area contributed by atoms with Crippen molar-refractivity contribution in [1.82, 2.24) is 5.32 Å². The van der Waals surface area contributed by atoms with E-state index in [9.17, 15) is 4.39 Å². The van der Waals surface area contributed by atoms with E-state index in [2.05, 4.69) is 26.1 Å². The molecule has 3 atom stereocenters. The number of nitrogens with one attached hydrogen (secondary N) is 1. The number of halogens is 1. The first-order valence-electron chi connectivity index (χ1n) is 7.61. The van der Waals surface area contributed by atoms with Gasteiger partial charge in [-0.1, -0.05) is 26.3 Å². The van der Waals surface area contributed by atoms with Crippen LogP contribution in [0.15, 0.2) is 18.2 Å². The van der Waals surface area contributed by atoms with Crippen molar-refractivity contribution in [3.63, 3.8) is 0 Å². The van der Waals surface area contributed by atoms with Crippen LogP contribution < -0.4 is 5.32 Å². The summed E-state index contributed by atoms with van der Waals surface area (Å²) in [5, 5.41) is 3.65. The lowest BCUT2D eigenvalue weighted by Gasteiger charge is -2.27. The maximum Gasteiger partial charge on any atom is 0.123 e. The zero-order valence-electron chi connectivity index (χ0n) is 12.4. The normalized spacial score (nSPS) is 24.6. The van der Waals surface area contributed by atoms with Crippen molar-refractivity contribution in [1.29, 1.82) is 0 Å². The second-order valence-corrected chi connectivity index (χ2v) is 6.11. The van der Waals surface area contributed by atoms with E-state index in [1.807, 2.05) is 6.07 Å². The first-order valence-corrected chi connectivity index (χ1v) is 7.61. The second kappa shape index (κ2) is 6.51. The van der Waals surface area contributed by atoms with Crippen LogP contribution in [0.4, 0.5) is 4.39 Å². The average Bonchev–Trinajstić information content (AvgIpc) is 2.80. The van der Waals surface area contributed by atoms with Crippen molar-refractivity contribution in [2.75, 3.05) is 6.54 Å². The molecule has 3 unspecified atom stereocenters. The molecule has 0 amide bonds. The maximum absolute atomic E-state index is 13.6. The molecule has 0 radical (unpaired) electrons. The Balaban J connectivity index is 2.23. The first kappa shape index (κ1) is 14.5. The van der Waals surface area contributed by atoms with E-state index in [1.165, 1.54) is 24.8 Å².